The van der Waals surface area contributed by atoms with Gasteiger partial charge in [0, 0.05) is 0 Å². The predicted octanol–water partition coefficient (Wildman–Crippen LogP) is -2.05. The molecule has 5 N–H and O–H groups in total. The highest BCUT2D eigenvalue weighted by Gasteiger charge is 1.98. The molecule has 0 aromatic heterocycles. The summed E-state index contributed by atoms with van der Waals surface area (Å²) in [5, 5.41) is 8.16. The fourth-order valence-electron chi connectivity index (χ4n) is 0. The van der Waals surface area contributed by atoms with Crippen molar-refractivity contribution in [3.8, 4) is 0 Å². The van der Waals surface area contributed by atoms with Gasteiger partial charge in [-0.25, -0.2) is 0 Å². The number of aliphatic hydroxyl groups is 1. The molecule has 0 aromatic rings. The number of carbonyl (C=O) groups excluding carboxylic acids is 2. The van der Waals surface area contributed by atoms with Crippen LogP contribution in [0.2, 0.25) is 0 Å². The SMILES string of the molecule is CC(O)C(N)=O.NC=O. The van der Waals surface area contributed by atoms with E-state index in [2.05, 4.69) is 11.5 Å². The summed E-state index contributed by atoms with van der Waals surface area (Å²) >= 11 is 0. The monoisotopic (exact) mass is 134 g/mol. The zero-order chi connectivity index (χ0) is 7.86. The zero-order valence-corrected chi connectivity index (χ0v) is 5.07. The molecule has 1 unspecified atom stereocenters. The van der Waals surface area contributed by atoms with Gasteiger partial charge in [0.25, 0.3) is 0 Å². The molecule has 5 heteroatoms. The first-order valence-electron chi connectivity index (χ1n) is 2.19. The molecule has 2 amide bonds. The largest absolute Gasteiger partial charge is 0.384 e. The number of rotatable bonds is 1. The first-order valence-corrected chi connectivity index (χ1v) is 2.19. The lowest BCUT2D eigenvalue weighted by Crippen LogP contribution is -2.24. The Hall–Kier alpha value is -1.10. The summed E-state index contributed by atoms with van der Waals surface area (Å²) in [5.74, 6) is -0.685. The molecule has 0 aliphatic rings. The second kappa shape index (κ2) is 6.90. The molecule has 0 aromatic carbocycles. The van der Waals surface area contributed by atoms with Gasteiger partial charge in [-0.05, 0) is 6.92 Å². The maximum atomic E-state index is 9.67. The highest BCUT2D eigenvalue weighted by Crippen LogP contribution is 1.70. The standard InChI is InChI=1S/C3H7NO2.CH3NO/c1-2(5)3(4)6;2-1-3/h2,5H,1H3,(H2,4,6);1H,(H2,2,3). The molecule has 0 radical (unpaired) electrons. The molecule has 0 spiro atoms. The Morgan fingerprint density at radius 1 is 1.78 bits per heavy atom. The smallest absolute Gasteiger partial charge is 0.245 e. The van der Waals surface area contributed by atoms with Crippen LogP contribution in [-0.2, 0) is 9.59 Å². The summed E-state index contributed by atoms with van der Waals surface area (Å²) in [6, 6.07) is 0. The summed E-state index contributed by atoms with van der Waals surface area (Å²) < 4.78 is 0. The fourth-order valence-corrected chi connectivity index (χ4v) is 0. The van der Waals surface area contributed by atoms with E-state index in [0.717, 1.165) is 0 Å². The van der Waals surface area contributed by atoms with Crippen molar-refractivity contribution in [1.82, 2.24) is 0 Å². The molecule has 0 aliphatic carbocycles. The summed E-state index contributed by atoms with van der Waals surface area (Å²) in [4.78, 5) is 18.3. The van der Waals surface area contributed by atoms with Crippen molar-refractivity contribution in [2.75, 3.05) is 0 Å². The van der Waals surface area contributed by atoms with Crippen molar-refractivity contribution in [2.24, 2.45) is 11.5 Å². The molecule has 1 atom stereocenters. The third kappa shape index (κ3) is 19.7. The Balaban J connectivity index is 0. The highest BCUT2D eigenvalue weighted by atomic mass is 16.3. The van der Waals surface area contributed by atoms with Gasteiger partial charge in [0.2, 0.25) is 12.3 Å². The van der Waals surface area contributed by atoms with Gasteiger partial charge in [0.1, 0.15) is 6.10 Å². The van der Waals surface area contributed by atoms with Crippen LogP contribution in [0.4, 0.5) is 0 Å². The molecule has 0 saturated carbocycles. The lowest BCUT2D eigenvalue weighted by Gasteiger charge is -1.90. The predicted molar refractivity (Wildman–Crippen MR) is 31.1 cm³/mol. The van der Waals surface area contributed by atoms with Crippen molar-refractivity contribution in [3.05, 3.63) is 0 Å². The lowest BCUT2D eigenvalue weighted by atomic mass is 10.4. The molecular formula is C4H10N2O3. The van der Waals surface area contributed by atoms with Crippen molar-refractivity contribution in [2.45, 2.75) is 13.0 Å². The van der Waals surface area contributed by atoms with Gasteiger partial charge >= 0.3 is 0 Å². The molecule has 54 valence electrons. The van der Waals surface area contributed by atoms with Gasteiger partial charge in [-0.1, -0.05) is 0 Å². The molecule has 0 bridgehead atoms. The number of hydrogen-bond acceptors (Lipinski definition) is 3. The highest BCUT2D eigenvalue weighted by molar-refractivity contribution is 5.77. The van der Waals surface area contributed by atoms with E-state index >= 15 is 0 Å². The van der Waals surface area contributed by atoms with E-state index in [4.69, 9.17) is 9.90 Å². The van der Waals surface area contributed by atoms with E-state index in [1.54, 1.807) is 0 Å². The minimum absolute atomic E-state index is 0.250. The lowest BCUT2D eigenvalue weighted by molar-refractivity contribution is -0.125. The third-order valence-corrected chi connectivity index (χ3v) is 0.412. The van der Waals surface area contributed by atoms with E-state index in [-0.39, 0.29) is 6.41 Å². The molecule has 0 heterocycles. The van der Waals surface area contributed by atoms with Crippen molar-refractivity contribution >= 4 is 12.3 Å². The number of amides is 2. The Morgan fingerprint density at radius 2 is 1.89 bits per heavy atom. The van der Waals surface area contributed by atoms with Crippen LogP contribution in [0, 0.1) is 0 Å². The van der Waals surface area contributed by atoms with Crippen LogP contribution in [0.1, 0.15) is 6.92 Å². The number of carbonyl (C=O) groups is 2. The first-order chi connectivity index (χ1) is 4.06. The first kappa shape index (κ1) is 10.8. The van der Waals surface area contributed by atoms with Gasteiger partial charge in [0.05, 0.1) is 0 Å². The van der Waals surface area contributed by atoms with Crippen LogP contribution in [0.3, 0.4) is 0 Å². The van der Waals surface area contributed by atoms with Crippen LogP contribution in [0.25, 0.3) is 0 Å². The average Bonchev–Trinajstić information content (AvgIpc) is 1.68. The van der Waals surface area contributed by atoms with Gasteiger partial charge in [-0.2, -0.15) is 0 Å². The quantitative estimate of drug-likeness (QED) is 0.359. The summed E-state index contributed by atoms with van der Waals surface area (Å²) in [7, 11) is 0. The van der Waals surface area contributed by atoms with Crippen LogP contribution < -0.4 is 11.5 Å². The average molecular weight is 134 g/mol. The van der Waals surface area contributed by atoms with Crippen molar-refractivity contribution in [1.29, 1.82) is 0 Å². The maximum absolute atomic E-state index is 9.67. The second-order valence-corrected chi connectivity index (χ2v) is 1.21. The molecule has 0 saturated heterocycles. The minimum Gasteiger partial charge on any atom is -0.384 e. The van der Waals surface area contributed by atoms with Crippen LogP contribution in [0.15, 0.2) is 0 Å². The van der Waals surface area contributed by atoms with Crippen molar-refractivity contribution < 1.29 is 14.7 Å². The maximum Gasteiger partial charge on any atom is 0.245 e. The Labute approximate surface area is 52.6 Å². The van der Waals surface area contributed by atoms with Gasteiger partial charge in [0.15, 0.2) is 0 Å². The van der Waals surface area contributed by atoms with E-state index in [0.29, 0.717) is 0 Å². The summed E-state index contributed by atoms with van der Waals surface area (Å²) in [5.41, 5.74) is 8.71. The zero-order valence-electron chi connectivity index (χ0n) is 5.07. The van der Waals surface area contributed by atoms with Crippen molar-refractivity contribution in [3.63, 3.8) is 0 Å². The molecule has 9 heavy (non-hydrogen) atoms. The molecule has 0 fully saturated rings. The van der Waals surface area contributed by atoms with E-state index in [1.165, 1.54) is 6.92 Å². The van der Waals surface area contributed by atoms with E-state index in [9.17, 15) is 4.79 Å². The normalized spacial score (nSPS) is 10.4. The van der Waals surface area contributed by atoms with Gasteiger partial charge in [-0.3, -0.25) is 9.59 Å². The van der Waals surface area contributed by atoms with Crippen LogP contribution in [0.5, 0.6) is 0 Å². The number of hydrogen-bond donors (Lipinski definition) is 3. The molecular weight excluding hydrogens is 124 g/mol. The number of aliphatic hydroxyl groups excluding tert-OH is 1. The Bertz CT molecular complexity index is 91.8. The molecule has 5 nitrogen and oxygen atoms in total. The number of nitrogens with two attached hydrogens (primary N) is 2. The Kier molecular flexibility index (Phi) is 8.28. The topological polar surface area (TPSA) is 106 Å². The minimum atomic E-state index is -1.01. The molecule has 0 rings (SSSR count). The Morgan fingerprint density at radius 3 is 1.89 bits per heavy atom. The summed E-state index contributed by atoms with van der Waals surface area (Å²) in [6.45, 7) is 1.32. The van der Waals surface area contributed by atoms with Crippen LogP contribution in [-0.4, -0.2) is 23.5 Å². The van der Waals surface area contributed by atoms with E-state index in [1.807, 2.05) is 0 Å². The van der Waals surface area contributed by atoms with E-state index < -0.39 is 12.0 Å². The third-order valence-electron chi connectivity index (χ3n) is 0.412. The second-order valence-electron chi connectivity index (χ2n) is 1.21. The molecule has 0 aliphatic heterocycles. The van der Waals surface area contributed by atoms with Crippen LogP contribution >= 0.6 is 0 Å². The number of primary amides is 2. The summed E-state index contributed by atoms with van der Waals surface area (Å²) in [6.07, 6.45) is -0.759. The van der Waals surface area contributed by atoms with Gasteiger partial charge in [-0.15, -0.1) is 0 Å². The fraction of sp³-hybridized carbons (Fsp3) is 0.500. The van der Waals surface area contributed by atoms with Gasteiger partial charge < -0.3 is 16.6 Å².